The van der Waals surface area contributed by atoms with Crippen molar-refractivity contribution in [1.82, 2.24) is 10.3 Å². The van der Waals surface area contributed by atoms with Crippen molar-refractivity contribution in [3.05, 3.63) is 54.4 Å². The van der Waals surface area contributed by atoms with Crippen LogP contribution in [0, 0.1) is 0 Å². The van der Waals surface area contributed by atoms with Gasteiger partial charge in [0.05, 0.1) is 6.04 Å². The summed E-state index contributed by atoms with van der Waals surface area (Å²) in [5.41, 5.74) is 1.81. The summed E-state index contributed by atoms with van der Waals surface area (Å²) >= 11 is 0. The zero-order valence-corrected chi connectivity index (χ0v) is 12.3. The van der Waals surface area contributed by atoms with Crippen LogP contribution in [0.25, 0.3) is 0 Å². The molecule has 1 aromatic carbocycles. The maximum absolute atomic E-state index is 12.0. The normalized spacial score (nSPS) is 17.2. The minimum Gasteiger partial charge on any atom is -0.489 e. The first-order valence-electron chi connectivity index (χ1n) is 7.47. The number of anilines is 1. The summed E-state index contributed by atoms with van der Waals surface area (Å²) in [5.74, 6) is 0.794. The van der Waals surface area contributed by atoms with Crippen LogP contribution in [0.2, 0.25) is 0 Å². The maximum atomic E-state index is 12.0. The highest BCUT2D eigenvalue weighted by Gasteiger charge is 2.21. The van der Waals surface area contributed by atoms with Crippen LogP contribution in [0.4, 0.5) is 5.69 Å². The Kier molecular flexibility index (Phi) is 4.65. The Balaban J connectivity index is 1.52. The number of amides is 1. The lowest BCUT2D eigenvalue weighted by atomic mass is 10.2. The van der Waals surface area contributed by atoms with Crippen molar-refractivity contribution in [3.8, 4) is 5.75 Å². The Labute approximate surface area is 129 Å². The summed E-state index contributed by atoms with van der Waals surface area (Å²) in [6.45, 7) is 1.39. The van der Waals surface area contributed by atoms with Crippen LogP contribution in [-0.4, -0.2) is 23.5 Å². The smallest absolute Gasteiger partial charge is 0.241 e. The zero-order chi connectivity index (χ0) is 15.2. The summed E-state index contributed by atoms with van der Waals surface area (Å²) in [6, 6.07) is 11.2. The molecule has 3 rings (SSSR count). The van der Waals surface area contributed by atoms with E-state index in [1.165, 1.54) is 0 Å². The van der Waals surface area contributed by atoms with Gasteiger partial charge in [0.2, 0.25) is 5.91 Å². The van der Waals surface area contributed by atoms with Gasteiger partial charge in [-0.2, -0.15) is 0 Å². The fourth-order valence-electron chi connectivity index (χ4n) is 2.42. The van der Waals surface area contributed by atoms with E-state index >= 15 is 0 Å². The van der Waals surface area contributed by atoms with Crippen LogP contribution in [0.1, 0.15) is 18.4 Å². The predicted octanol–water partition coefficient (Wildman–Crippen LogP) is 2.35. The van der Waals surface area contributed by atoms with Gasteiger partial charge in [0.15, 0.2) is 0 Å². The molecule has 1 atom stereocenters. The number of benzene rings is 1. The van der Waals surface area contributed by atoms with Crippen LogP contribution in [-0.2, 0) is 11.4 Å². The molecule has 0 spiro atoms. The molecule has 1 aromatic heterocycles. The molecule has 2 N–H and O–H groups in total. The van der Waals surface area contributed by atoms with E-state index in [1.54, 1.807) is 12.4 Å². The number of carbonyl (C=O) groups excluding carboxylic acids is 1. The first kappa shape index (κ1) is 14.5. The first-order chi connectivity index (χ1) is 10.8. The molecule has 0 bridgehead atoms. The van der Waals surface area contributed by atoms with Crippen LogP contribution in [0.3, 0.4) is 0 Å². The van der Waals surface area contributed by atoms with E-state index < -0.39 is 0 Å². The minimum absolute atomic E-state index is 0.0292. The summed E-state index contributed by atoms with van der Waals surface area (Å²) in [6.07, 6.45) is 5.47. The van der Waals surface area contributed by atoms with E-state index in [1.807, 2.05) is 36.4 Å². The topological polar surface area (TPSA) is 63.2 Å². The molecule has 1 aliphatic heterocycles. The molecule has 5 heteroatoms. The van der Waals surface area contributed by atoms with E-state index in [0.717, 1.165) is 36.4 Å². The van der Waals surface area contributed by atoms with Gasteiger partial charge in [-0.3, -0.25) is 9.78 Å². The van der Waals surface area contributed by atoms with Gasteiger partial charge in [-0.25, -0.2) is 0 Å². The van der Waals surface area contributed by atoms with Gasteiger partial charge in [0, 0.05) is 23.6 Å². The molecule has 1 fully saturated rings. The fourth-order valence-corrected chi connectivity index (χ4v) is 2.42. The summed E-state index contributed by atoms with van der Waals surface area (Å²) < 4.78 is 5.69. The van der Waals surface area contributed by atoms with Crippen LogP contribution < -0.4 is 15.4 Å². The van der Waals surface area contributed by atoms with Crippen molar-refractivity contribution in [3.63, 3.8) is 0 Å². The Bertz CT molecular complexity index is 608. The third kappa shape index (κ3) is 3.83. The Morgan fingerprint density at radius 2 is 2.18 bits per heavy atom. The fraction of sp³-hybridized carbons (Fsp3) is 0.294. The van der Waals surface area contributed by atoms with E-state index in [9.17, 15) is 4.79 Å². The largest absolute Gasteiger partial charge is 0.489 e. The minimum atomic E-state index is -0.0680. The molecule has 2 aromatic rings. The van der Waals surface area contributed by atoms with Crippen molar-refractivity contribution in [2.75, 3.05) is 11.9 Å². The highest BCUT2D eigenvalue weighted by molar-refractivity contribution is 5.95. The van der Waals surface area contributed by atoms with E-state index in [4.69, 9.17) is 4.74 Å². The van der Waals surface area contributed by atoms with Gasteiger partial charge in [0.1, 0.15) is 12.4 Å². The number of ether oxygens (including phenoxy) is 1. The number of nitrogens with one attached hydrogen (secondary N) is 2. The standard InChI is InChI=1S/C17H19N3O2/c21-17(16-4-2-10-19-16)20-14-5-7-15(8-6-14)22-12-13-3-1-9-18-11-13/h1,3,5-9,11,16,19H,2,4,10,12H2,(H,20,21). The van der Waals surface area contributed by atoms with Crippen LogP contribution in [0.15, 0.2) is 48.8 Å². The highest BCUT2D eigenvalue weighted by Crippen LogP contribution is 2.18. The van der Waals surface area contributed by atoms with Crippen molar-refractivity contribution >= 4 is 11.6 Å². The molecule has 0 radical (unpaired) electrons. The molecule has 1 saturated heterocycles. The van der Waals surface area contributed by atoms with Gasteiger partial charge in [0.25, 0.3) is 0 Å². The second kappa shape index (κ2) is 7.04. The maximum Gasteiger partial charge on any atom is 0.241 e. The lowest BCUT2D eigenvalue weighted by Crippen LogP contribution is -2.35. The third-order valence-electron chi connectivity index (χ3n) is 3.63. The van der Waals surface area contributed by atoms with Crippen molar-refractivity contribution in [2.24, 2.45) is 0 Å². The third-order valence-corrected chi connectivity index (χ3v) is 3.63. The second-order valence-electron chi connectivity index (χ2n) is 5.31. The summed E-state index contributed by atoms with van der Waals surface area (Å²) in [7, 11) is 0. The quantitative estimate of drug-likeness (QED) is 0.889. The van der Waals surface area contributed by atoms with E-state index in [0.29, 0.717) is 6.61 Å². The SMILES string of the molecule is O=C(Nc1ccc(OCc2cccnc2)cc1)C1CCCN1. The number of hydrogen-bond donors (Lipinski definition) is 2. The van der Waals surface area contributed by atoms with Crippen LogP contribution >= 0.6 is 0 Å². The molecular weight excluding hydrogens is 278 g/mol. The molecule has 114 valence electrons. The monoisotopic (exact) mass is 297 g/mol. The van der Waals surface area contributed by atoms with Gasteiger partial charge in [-0.05, 0) is 49.7 Å². The molecule has 0 saturated carbocycles. The number of rotatable bonds is 5. The van der Waals surface area contributed by atoms with E-state index in [-0.39, 0.29) is 11.9 Å². The highest BCUT2D eigenvalue weighted by atomic mass is 16.5. The van der Waals surface area contributed by atoms with Crippen LogP contribution in [0.5, 0.6) is 5.75 Å². The lowest BCUT2D eigenvalue weighted by Gasteiger charge is -2.12. The van der Waals surface area contributed by atoms with Gasteiger partial charge in [-0.1, -0.05) is 6.07 Å². The number of pyridine rings is 1. The Morgan fingerprint density at radius 3 is 2.86 bits per heavy atom. The number of hydrogen-bond acceptors (Lipinski definition) is 4. The molecule has 22 heavy (non-hydrogen) atoms. The molecular formula is C17H19N3O2. The van der Waals surface area contributed by atoms with Crippen molar-refractivity contribution in [1.29, 1.82) is 0 Å². The summed E-state index contributed by atoms with van der Waals surface area (Å²) in [4.78, 5) is 16.0. The van der Waals surface area contributed by atoms with Gasteiger partial charge in [-0.15, -0.1) is 0 Å². The molecule has 5 nitrogen and oxygen atoms in total. The average Bonchev–Trinajstić information content (AvgIpc) is 3.10. The molecule has 2 heterocycles. The zero-order valence-electron chi connectivity index (χ0n) is 12.3. The average molecular weight is 297 g/mol. The number of aromatic nitrogens is 1. The number of carbonyl (C=O) groups is 1. The second-order valence-corrected chi connectivity index (χ2v) is 5.31. The Hall–Kier alpha value is -2.40. The first-order valence-corrected chi connectivity index (χ1v) is 7.47. The lowest BCUT2D eigenvalue weighted by molar-refractivity contribution is -0.117. The number of nitrogens with zero attached hydrogens (tertiary/aromatic N) is 1. The molecule has 1 amide bonds. The van der Waals surface area contributed by atoms with Gasteiger partial charge >= 0.3 is 0 Å². The molecule has 0 aliphatic carbocycles. The molecule has 1 unspecified atom stereocenters. The van der Waals surface area contributed by atoms with Crippen molar-refractivity contribution < 1.29 is 9.53 Å². The van der Waals surface area contributed by atoms with Gasteiger partial charge < -0.3 is 15.4 Å². The predicted molar refractivity (Wildman–Crippen MR) is 84.7 cm³/mol. The summed E-state index contributed by atoms with van der Waals surface area (Å²) in [5, 5.41) is 6.10. The molecule has 1 aliphatic rings. The van der Waals surface area contributed by atoms with Crippen molar-refractivity contribution in [2.45, 2.75) is 25.5 Å². The Morgan fingerprint density at radius 1 is 1.32 bits per heavy atom. The van der Waals surface area contributed by atoms with E-state index in [2.05, 4.69) is 15.6 Å².